The van der Waals surface area contributed by atoms with Crippen LogP contribution in [0.5, 0.6) is 0 Å². The van der Waals surface area contributed by atoms with Gasteiger partial charge < -0.3 is 4.55 Å². The molecule has 0 bridgehead atoms. The van der Waals surface area contributed by atoms with Crippen molar-refractivity contribution in [3.63, 3.8) is 0 Å². The second-order valence-electron chi connectivity index (χ2n) is 5.04. The standard InChI is InChI=1S/C14H16N2O6S.Na/c1-2-3-8-15-12(17)9-13(18)16(14(15)19)10-4-6-11(7-5-10)23(20,21)22;/h4-7H,2-3,8-9H2,1H3,(H,20,21,22);/q;+1/p-1. The fraction of sp³-hybridized carbons (Fsp3) is 0.357. The maximum Gasteiger partial charge on any atom is 1.00 e. The zero-order chi connectivity index (χ0) is 17.2. The number of carbonyl (C=O) groups excluding carboxylic acids is 3. The Hall–Kier alpha value is -1.26. The molecule has 1 fully saturated rings. The first-order valence-corrected chi connectivity index (χ1v) is 8.39. The predicted molar refractivity (Wildman–Crippen MR) is 78.5 cm³/mol. The number of barbiturate groups is 1. The maximum atomic E-state index is 12.4. The molecular formula is C14H15N2NaO6S. The van der Waals surface area contributed by atoms with E-state index >= 15 is 0 Å². The number of hydrogen-bond acceptors (Lipinski definition) is 6. The number of unbranched alkanes of at least 4 members (excludes halogenated alkanes) is 1. The number of rotatable bonds is 5. The zero-order valence-corrected chi connectivity index (χ0v) is 16.2. The second kappa shape index (κ2) is 8.21. The van der Waals surface area contributed by atoms with Crippen molar-refractivity contribution in [3.8, 4) is 0 Å². The Morgan fingerprint density at radius 2 is 1.67 bits per heavy atom. The van der Waals surface area contributed by atoms with Gasteiger partial charge in [-0.15, -0.1) is 0 Å². The Morgan fingerprint density at radius 3 is 2.17 bits per heavy atom. The largest absolute Gasteiger partial charge is 1.00 e. The fourth-order valence-electron chi connectivity index (χ4n) is 2.19. The van der Waals surface area contributed by atoms with Crippen molar-refractivity contribution in [3.05, 3.63) is 24.3 Å². The van der Waals surface area contributed by atoms with Gasteiger partial charge in [0.25, 0.3) is 0 Å². The van der Waals surface area contributed by atoms with Gasteiger partial charge in [-0.05, 0) is 30.7 Å². The molecule has 0 atom stereocenters. The Balaban J connectivity index is 0.00000288. The fourth-order valence-corrected chi connectivity index (χ4v) is 2.66. The minimum absolute atomic E-state index is 0. The summed E-state index contributed by atoms with van der Waals surface area (Å²) < 4.78 is 32.7. The molecule has 0 unspecified atom stereocenters. The van der Waals surface area contributed by atoms with Crippen LogP contribution in [0.3, 0.4) is 0 Å². The van der Waals surface area contributed by atoms with Crippen molar-refractivity contribution in [2.24, 2.45) is 0 Å². The predicted octanol–water partition coefficient (Wildman–Crippen LogP) is -1.92. The third-order valence-electron chi connectivity index (χ3n) is 3.39. The average Bonchev–Trinajstić information content (AvgIpc) is 2.46. The molecule has 0 aromatic heterocycles. The number of urea groups is 1. The van der Waals surface area contributed by atoms with Crippen LogP contribution in [0, 0.1) is 0 Å². The summed E-state index contributed by atoms with van der Waals surface area (Å²) in [4.78, 5) is 37.5. The normalized spacial score (nSPS) is 15.5. The van der Waals surface area contributed by atoms with Gasteiger partial charge in [0.05, 0.1) is 10.6 Å². The van der Waals surface area contributed by atoms with Crippen LogP contribution in [0.1, 0.15) is 26.2 Å². The molecule has 1 aliphatic heterocycles. The number of amides is 4. The van der Waals surface area contributed by atoms with E-state index in [4.69, 9.17) is 0 Å². The Bertz CT molecular complexity index is 747. The van der Waals surface area contributed by atoms with Gasteiger partial charge in [0, 0.05) is 6.54 Å². The summed E-state index contributed by atoms with van der Waals surface area (Å²) in [5, 5.41) is 0. The monoisotopic (exact) mass is 362 g/mol. The number of nitrogens with zero attached hydrogens (tertiary/aromatic N) is 2. The van der Waals surface area contributed by atoms with Crippen LogP contribution < -0.4 is 34.5 Å². The van der Waals surface area contributed by atoms with E-state index in [1.807, 2.05) is 6.92 Å². The van der Waals surface area contributed by atoms with E-state index in [0.29, 0.717) is 6.42 Å². The first-order valence-electron chi connectivity index (χ1n) is 6.99. The molecule has 24 heavy (non-hydrogen) atoms. The number of anilines is 1. The van der Waals surface area contributed by atoms with Crippen LogP contribution in [-0.2, 0) is 19.7 Å². The molecule has 4 amide bonds. The SMILES string of the molecule is CCCCN1C(=O)CC(=O)N(c2ccc(S(=O)(=O)[O-])cc2)C1=O.[Na+]. The van der Waals surface area contributed by atoms with Crippen LogP contribution >= 0.6 is 0 Å². The van der Waals surface area contributed by atoms with Gasteiger partial charge in [-0.2, -0.15) is 0 Å². The van der Waals surface area contributed by atoms with E-state index in [2.05, 4.69) is 0 Å². The summed E-state index contributed by atoms with van der Waals surface area (Å²) in [5.41, 5.74) is 0.112. The third-order valence-corrected chi connectivity index (χ3v) is 4.24. The molecule has 1 aliphatic rings. The molecule has 0 saturated carbocycles. The van der Waals surface area contributed by atoms with Crippen molar-refractivity contribution in [2.75, 3.05) is 11.4 Å². The number of imide groups is 2. The molecule has 0 aliphatic carbocycles. The summed E-state index contributed by atoms with van der Waals surface area (Å²) in [6.45, 7) is 2.12. The van der Waals surface area contributed by atoms with Gasteiger partial charge in [-0.3, -0.25) is 14.5 Å². The van der Waals surface area contributed by atoms with Crippen molar-refractivity contribution >= 4 is 33.7 Å². The smallest absolute Gasteiger partial charge is 0.744 e. The number of carbonyl (C=O) groups is 3. The Morgan fingerprint density at radius 1 is 1.08 bits per heavy atom. The van der Waals surface area contributed by atoms with Gasteiger partial charge in [-0.25, -0.2) is 18.1 Å². The summed E-state index contributed by atoms with van der Waals surface area (Å²) in [7, 11) is -4.61. The minimum Gasteiger partial charge on any atom is -0.744 e. The first kappa shape index (κ1) is 20.8. The van der Waals surface area contributed by atoms with Crippen molar-refractivity contribution < 1.29 is 56.9 Å². The van der Waals surface area contributed by atoms with Crippen LogP contribution in [0.15, 0.2) is 29.2 Å². The molecule has 0 spiro atoms. The van der Waals surface area contributed by atoms with E-state index in [0.717, 1.165) is 28.4 Å². The molecular weight excluding hydrogens is 347 g/mol. The summed E-state index contributed by atoms with van der Waals surface area (Å²) in [6, 6.07) is 3.65. The second-order valence-corrected chi connectivity index (χ2v) is 6.42. The van der Waals surface area contributed by atoms with Gasteiger partial charge in [-0.1, -0.05) is 13.3 Å². The molecule has 1 aromatic rings. The maximum absolute atomic E-state index is 12.4. The van der Waals surface area contributed by atoms with Crippen LogP contribution in [0.25, 0.3) is 0 Å². The number of benzene rings is 1. The zero-order valence-electron chi connectivity index (χ0n) is 13.4. The van der Waals surface area contributed by atoms with E-state index in [-0.39, 0.29) is 41.8 Å². The van der Waals surface area contributed by atoms with Gasteiger partial charge in [0.2, 0.25) is 11.8 Å². The summed E-state index contributed by atoms with van der Waals surface area (Å²) in [6.07, 6.45) is 0.963. The molecule has 1 heterocycles. The van der Waals surface area contributed by atoms with E-state index < -0.39 is 39.3 Å². The molecule has 124 valence electrons. The van der Waals surface area contributed by atoms with Gasteiger partial charge in [0.15, 0.2) is 0 Å². The van der Waals surface area contributed by atoms with Crippen molar-refractivity contribution in [1.82, 2.24) is 4.90 Å². The Labute approximate surface area is 161 Å². The first-order chi connectivity index (χ1) is 10.8. The van der Waals surface area contributed by atoms with Crippen LogP contribution in [-0.4, -0.2) is 42.3 Å². The summed E-state index contributed by atoms with van der Waals surface area (Å²) in [5.74, 6) is -1.24. The number of hydrogen-bond donors (Lipinski definition) is 0. The van der Waals surface area contributed by atoms with Crippen LogP contribution in [0.4, 0.5) is 10.5 Å². The van der Waals surface area contributed by atoms with E-state index in [1.54, 1.807) is 0 Å². The van der Waals surface area contributed by atoms with Gasteiger partial charge >= 0.3 is 35.6 Å². The minimum atomic E-state index is -4.61. The molecule has 1 aromatic carbocycles. The van der Waals surface area contributed by atoms with E-state index in [9.17, 15) is 27.4 Å². The molecule has 10 heteroatoms. The molecule has 1 saturated heterocycles. The van der Waals surface area contributed by atoms with Crippen LogP contribution in [0.2, 0.25) is 0 Å². The topological polar surface area (TPSA) is 115 Å². The summed E-state index contributed by atoms with van der Waals surface area (Å²) >= 11 is 0. The van der Waals surface area contributed by atoms with Gasteiger partial charge in [0.1, 0.15) is 16.5 Å². The molecule has 8 nitrogen and oxygen atoms in total. The third kappa shape index (κ3) is 4.42. The quantitative estimate of drug-likeness (QED) is 0.343. The molecule has 0 N–H and O–H groups in total. The molecule has 2 rings (SSSR count). The van der Waals surface area contributed by atoms with E-state index in [1.165, 1.54) is 12.1 Å². The van der Waals surface area contributed by atoms with Crippen molar-refractivity contribution in [2.45, 2.75) is 31.1 Å². The van der Waals surface area contributed by atoms with Crippen molar-refractivity contribution in [1.29, 1.82) is 0 Å². The Kier molecular flexibility index (Phi) is 7.11. The molecule has 0 radical (unpaired) electrons. The average molecular weight is 362 g/mol.